The van der Waals surface area contributed by atoms with Crippen molar-refractivity contribution < 1.29 is 14.0 Å². The number of amides is 1. The zero-order chi connectivity index (χ0) is 20.0. The van der Waals surface area contributed by atoms with Crippen LogP contribution in [-0.2, 0) is 24.2 Å². The Bertz CT molecular complexity index is 1110. The molecule has 5 heteroatoms. The summed E-state index contributed by atoms with van der Waals surface area (Å²) in [6, 6.07) is 12.6. The third-order valence-electron chi connectivity index (χ3n) is 6.15. The van der Waals surface area contributed by atoms with Gasteiger partial charge in [-0.1, -0.05) is 12.1 Å². The van der Waals surface area contributed by atoms with Crippen LogP contribution in [0, 0.1) is 11.7 Å². The second-order valence-electron chi connectivity index (χ2n) is 8.26. The van der Waals surface area contributed by atoms with E-state index in [1.807, 2.05) is 24.3 Å². The predicted octanol–water partition coefficient (Wildman–Crippen LogP) is 4.02. The minimum absolute atomic E-state index is 0.128. The van der Waals surface area contributed by atoms with Crippen molar-refractivity contribution in [3.05, 3.63) is 70.7 Å². The van der Waals surface area contributed by atoms with Gasteiger partial charge in [-0.05, 0) is 73.6 Å². The number of hydrogen-bond acceptors (Lipinski definition) is 2. The maximum Gasteiger partial charge on any atom is 0.223 e. The Balaban J connectivity index is 1.54. The molecule has 1 fully saturated rings. The maximum atomic E-state index is 13.7. The van der Waals surface area contributed by atoms with Crippen molar-refractivity contribution in [1.82, 2.24) is 9.88 Å². The second kappa shape index (κ2) is 7.14. The van der Waals surface area contributed by atoms with Crippen LogP contribution >= 0.6 is 0 Å². The molecule has 0 spiro atoms. The van der Waals surface area contributed by atoms with E-state index < -0.39 is 0 Å². The molecule has 2 aromatic carbocycles. The molecule has 3 aromatic rings. The number of hydrogen-bond donors (Lipinski definition) is 1. The SMILES string of the molecule is O=Cc1ccc2c(c1)c1c(n2Cc2cccc(F)c2)CCC(NC(=O)C2CC2)C1. The van der Waals surface area contributed by atoms with E-state index in [-0.39, 0.29) is 23.7 Å². The van der Waals surface area contributed by atoms with Gasteiger partial charge in [0.1, 0.15) is 12.1 Å². The van der Waals surface area contributed by atoms with Crippen molar-refractivity contribution in [2.45, 2.75) is 44.7 Å². The normalized spacial score (nSPS) is 18.4. The van der Waals surface area contributed by atoms with E-state index in [2.05, 4.69) is 9.88 Å². The minimum Gasteiger partial charge on any atom is -0.353 e. The number of aldehydes is 1. The van der Waals surface area contributed by atoms with Crippen LogP contribution in [0.5, 0.6) is 0 Å². The van der Waals surface area contributed by atoms with Crippen LogP contribution in [0.25, 0.3) is 10.9 Å². The van der Waals surface area contributed by atoms with Crippen LogP contribution in [0.15, 0.2) is 42.5 Å². The van der Waals surface area contributed by atoms with Gasteiger partial charge in [0.15, 0.2) is 0 Å². The van der Waals surface area contributed by atoms with Crippen LogP contribution in [0.2, 0.25) is 0 Å². The fourth-order valence-electron chi connectivity index (χ4n) is 4.53. The van der Waals surface area contributed by atoms with Gasteiger partial charge < -0.3 is 9.88 Å². The van der Waals surface area contributed by atoms with E-state index in [4.69, 9.17) is 0 Å². The molecule has 1 aromatic heterocycles. The van der Waals surface area contributed by atoms with E-state index in [1.165, 1.54) is 17.3 Å². The molecule has 2 aliphatic carbocycles. The summed E-state index contributed by atoms with van der Waals surface area (Å²) in [7, 11) is 0. The standard InChI is InChI=1S/C24H23FN2O2/c25-18-3-1-2-15(10-18)13-27-22-8-4-16(14-28)11-20(22)21-12-19(7-9-23(21)27)26-24(29)17-5-6-17/h1-4,8,10-11,14,17,19H,5-7,9,12-13H2,(H,26,29). The Hall–Kier alpha value is -2.95. The smallest absolute Gasteiger partial charge is 0.223 e. The summed E-state index contributed by atoms with van der Waals surface area (Å²) in [5.41, 5.74) is 5.04. The highest BCUT2D eigenvalue weighted by Crippen LogP contribution is 2.34. The van der Waals surface area contributed by atoms with Gasteiger partial charge in [0.05, 0.1) is 0 Å². The Labute approximate surface area is 168 Å². The lowest BCUT2D eigenvalue weighted by Crippen LogP contribution is -2.39. The lowest BCUT2D eigenvalue weighted by atomic mass is 9.91. The average molecular weight is 390 g/mol. The van der Waals surface area contributed by atoms with E-state index >= 15 is 0 Å². The first-order valence-corrected chi connectivity index (χ1v) is 10.3. The Morgan fingerprint density at radius 2 is 2.03 bits per heavy atom. The highest BCUT2D eigenvalue weighted by molar-refractivity contribution is 5.91. The van der Waals surface area contributed by atoms with Gasteiger partial charge in [-0.25, -0.2) is 4.39 Å². The molecule has 1 amide bonds. The van der Waals surface area contributed by atoms with Crippen LogP contribution in [0.3, 0.4) is 0 Å². The summed E-state index contributed by atoms with van der Waals surface area (Å²) in [6.07, 6.45) is 5.38. The first-order valence-electron chi connectivity index (χ1n) is 10.3. The minimum atomic E-state index is -0.237. The molecule has 4 nitrogen and oxygen atoms in total. The Morgan fingerprint density at radius 3 is 2.79 bits per heavy atom. The van der Waals surface area contributed by atoms with Crippen LogP contribution in [-0.4, -0.2) is 22.8 Å². The molecule has 1 unspecified atom stereocenters. The highest BCUT2D eigenvalue weighted by Gasteiger charge is 2.33. The monoisotopic (exact) mass is 390 g/mol. The summed E-state index contributed by atoms with van der Waals surface area (Å²) in [5.74, 6) is 0.141. The Morgan fingerprint density at radius 1 is 1.17 bits per heavy atom. The average Bonchev–Trinajstić information content (AvgIpc) is 3.53. The molecule has 1 heterocycles. The zero-order valence-electron chi connectivity index (χ0n) is 16.2. The van der Waals surface area contributed by atoms with Crippen molar-refractivity contribution in [3.8, 4) is 0 Å². The van der Waals surface area contributed by atoms with Gasteiger partial charge >= 0.3 is 0 Å². The second-order valence-corrected chi connectivity index (χ2v) is 8.26. The summed E-state index contributed by atoms with van der Waals surface area (Å²) >= 11 is 0. The maximum absolute atomic E-state index is 13.7. The number of halogens is 1. The van der Waals surface area contributed by atoms with Gasteiger partial charge in [-0.2, -0.15) is 0 Å². The van der Waals surface area contributed by atoms with E-state index in [1.54, 1.807) is 12.1 Å². The quantitative estimate of drug-likeness (QED) is 0.669. The molecule has 5 rings (SSSR count). The molecule has 0 saturated heterocycles. The molecule has 29 heavy (non-hydrogen) atoms. The van der Waals surface area contributed by atoms with Crippen molar-refractivity contribution in [2.24, 2.45) is 5.92 Å². The Kier molecular flexibility index (Phi) is 4.46. The molecular weight excluding hydrogens is 367 g/mol. The molecule has 0 bridgehead atoms. The molecule has 1 N–H and O–H groups in total. The molecule has 148 valence electrons. The van der Waals surface area contributed by atoms with Crippen LogP contribution in [0.1, 0.15) is 46.4 Å². The number of aromatic nitrogens is 1. The lowest BCUT2D eigenvalue weighted by Gasteiger charge is -2.25. The third kappa shape index (κ3) is 3.46. The van der Waals surface area contributed by atoms with Gasteiger partial charge in [-0.3, -0.25) is 9.59 Å². The molecule has 1 atom stereocenters. The molecular formula is C24H23FN2O2. The summed E-state index contributed by atoms with van der Waals surface area (Å²) in [4.78, 5) is 23.6. The van der Waals surface area contributed by atoms with E-state index in [9.17, 15) is 14.0 Å². The third-order valence-corrected chi connectivity index (χ3v) is 6.15. The highest BCUT2D eigenvalue weighted by atomic mass is 19.1. The van der Waals surface area contributed by atoms with Gasteiger partial charge in [0.25, 0.3) is 0 Å². The van der Waals surface area contributed by atoms with Crippen molar-refractivity contribution in [2.75, 3.05) is 0 Å². The molecule has 0 aliphatic heterocycles. The number of nitrogens with one attached hydrogen (secondary N) is 1. The van der Waals surface area contributed by atoms with Gasteiger partial charge in [-0.15, -0.1) is 0 Å². The van der Waals surface area contributed by atoms with Gasteiger partial charge in [0.2, 0.25) is 5.91 Å². The van der Waals surface area contributed by atoms with Crippen molar-refractivity contribution >= 4 is 23.1 Å². The largest absolute Gasteiger partial charge is 0.353 e. The molecule has 2 aliphatic rings. The predicted molar refractivity (Wildman–Crippen MR) is 110 cm³/mol. The number of rotatable bonds is 5. The topological polar surface area (TPSA) is 51.1 Å². The van der Waals surface area contributed by atoms with Crippen LogP contribution < -0.4 is 5.32 Å². The number of fused-ring (bicyclic) bond motifs is 3. The number of nitrogens with zero attached hydrogens (tertiary/aromatic N) is 1. The van der Waals surface area contributed by atoms with E-state index in [0.717, 1.165) is 54.9 Å². The van der Waals surface area contributed by atoms with Crippen molar-refractivity contribution in [1.29, 1.82) is 0 Å². The first-order chi connectivity index (χ1) is 14.1. The lowest BCUT2D eigenvalue weighted by molar-refractivity contribution is -0.123. The number of carbonyl (C=O) groups is 2. The number of carbonyl (C=O) groups excluding carboxylic acids is 2. The summed E-state index contributed by atoms with van der Waals surface area (Å²) in [6.45, 7) is 0.586. The fraction of sp³-hybridized carbons (Fsp3) is 0.333. The molecule has 1 saturated carbocycles. The fourth-order valence-corrected chi connectivity index (χ4v) is 4.53. The zero-order valence-corrected chi connectivity index (χ0v) is 16.2. The number of benzene rings is 2. The molecule has 0 radical (unpaired) electrons. The van der Waals surface area contributed by atoms with Gasteiger partial charge in [0, 0.05) is 40.7 Å². The van der Waals surface area contributed by atoms with E-state index in [0.29, 0.717) is 12.1 Å². The summed E-state index contributed by atoms with van der Waals surface area (Å²) < 4.78 is 15.9. The first kappa shape index (κ1) is 18.1. The van der Waals surface area contributed by atoms with Crippen LogP contribution in [0.4, 0.5) is 4.39 Å². The van der Waals surface area contributed by atoms with Crippen molar-refractivity contribution in [3.63, 3.8) is 0 Å². The summed E-state index contributed by atoms with van der Waals surface area (Å²) in [5, 5.41) is 4.28.